The van der Waals surface area contributed by atoms with Crippen LogP contribution in [0.1, 0.15) is 17.2 Å². The van der Waals surface area contributed by atoms with E-state index in [0.29, 0.717) is 53.6 Å². The molecule has 0 aromatic heterocycles. The van der Waals surface area contributed by atoms with Gasteiger partial charge in [0.25, 0.3) is 5.91 Å². The van der Waals surface area contributed by atoms with Crippen molar-refractivity contribution in [3.8, 4) is 23.0 Å². The Morgan fingerprint density at radius 2 is 1.61 bits per heavy atom. The van der Waals surface area contributed by atoms with Crippen LogP contribution in [0.25, 0.3) is 0 Å². The van der Waals surface area contributed by atoms with E-state index in [4.69, 9.17) is 18.9 Å². The lowest BCUT2D eigenvalue weighted by atomic mass is 9.95. The first kappa shape index (κ1) is 22.3. The standard InChI is InChI=1S/C24H27N3O6/c1-30-16-7-5-14(6-8-16)9-10-27-13-17-20(23(27)28)21(26-24(29)25-17)15-11-18(31-2)22(33-4)19(12-15)32-3/h5-8,11-12,21H,9-10,13H2,1-4H3,(H2,25,26,29)/t21-/m1/s1. The predicted molar refractivity (Wildman–Crippen MR) is 121 cm³/mol. The third-order valence-corrected chi connectivity index (χ3v) is 5.87. The van der Waals surface area contributed by atoms with Crippen LogP contribution in [0.5, 0.6) is 23.0 Å². The molecule has 9 heteroatoms. The molecule has 2 N–H and O–H groups in total. The van der Waals surface area contributed by atoms with Crippen molar-refractivity contribution in [3.63, 3.8) is 0 Å². The molecule has 0 radical (unpaired) electrons. The Morgan fingerprint density at radius 1 is 0.939 bits per heavy atom. The Kier molecular flexibility index (Phi) is 6.30. The third-order valence-electron chi connectivity index (χ3n) is 5.87. The molecule has 0 bridgehead atoms. The maximum Gasteiger partial charge on any atom is 0.319 e. The zero-order valence-corrected chi connectivity index (χ0v) is 19.1. The second kappa shape index (κ2) is 9.32. The largest absolute Gasteiger partial charge is 0.497 e. The van der Waals surface area contributed by atoms with E-state index in [-0.39, 0.29) is 11.9 Å². The van der Waals surface area contributed by atoms with Gasteiger partial charge in [0.1, 0.15) is 5.75 Å². The lowest BCUT2D eigenvalue weighted by Gasteiger charge is -2.26. The van der Waals surface area contributed by atoms with Crippen molar-refractivity contribution in [1.82, 2.24) is 15.5 Å². The van der Waals surface area contributed by atoms with Crippen molar-refractivity contribution in [2.24, 2.45) is 0 Å². The molecule has 0 unspecified atom stereocenters. The molecule has 1 atom stereocenters. The summed E-state index contributed by atoms with van der Waals surface area (Å²) in [6, 6.07) is 10.2. The van der Waals surface area contributed by atoms with E-state index in [1.807, 2.05) is 24.3 Å². The van der Waals surface area contributed by atoms with Crippen LogP contribution >= 0.6 is 0 Å². The van der Waals surface area contributed by atoms with Gasteiger partial charge in [0.2, 0.25) is 5.75 Å². The summed E-state index contributed by atoms with van der Waals surface area (Å²) in [5.41, 5.74) is 2.88. The van der Waals surface area contributed by atoms with Crippen molar-refractivity contribution in [2.75, 3.05) is 41.5 Å². The van der Waals surface area contributed by atoms with Crippen LogP contribution in [0.4, 0.5) is 4.79 Å². The molecule has 174 valence electrons. The average Bonchev–Trinajstić information content (AvgIpc) is 3.16. The van der Waals surface area contributed by atoms with E-state index in [1.54, 1.807) is 24.1 Å². The van der Waals surface area contributed by atoms with Gasteiger partial charge in [-0.05, 0) is 41.8 Å². The normalized spacial score (nSPS) is 17.3. The Labute approximate surface area is 192 Å². The summed E-state index contributed by atoms with van der Waals surface area (Å²) in [5, 5.41) is 5.66. The smallest absolute Gasteiger partial charge is 0.319 e. The summed E-state index contributed by atoms with van der Waals surface area (Å²) in [4.78, 5) is 27.5. The molecule has 0 fully saturated rings. The molecule has 9 nitrogen and oxygen atoms in total. The van der Waals surface area contributed by atoms with Crippen LogP contribution in [0.15, 0.2) is 47.7 Å². The molecular weight excluding hydrogens is 426 g/mol. The molecule has 2 aliphatic heterocycles. The third kappa shape index (κ3) is 4.26. The molecule has 0 saturated heterocycles. The highest BCUT2D eigenvalue weighted by Crippen LogP contribution is 2.42. The molecule has 4 rings (SSSR count). The minimum absolute atomic E-state index is 0.121. The summed E-state index contributed by atoms with van der Waals surface area (Å²) >= 11 is 0. The molecule has 2 aromatic carbocycles. The van der Waals surface area contributed by atoms with Gasteiger partial charge < -0.3 is 34.5 Å². The number of hydrogen-bond acceptors (Lipinski definition) is 6. The van der Waals surface area contributed by atoms with Gasteiger partial charge >= 0.3 is 6.03 Å². The second-order valence-corrected chi connectivity index (χ2v) is 7.71. The van der Waals surface area contributed by atoms with Crippen LogP contribution in [0, 0.1) is 0 Å². The van der Waals surface area contributed by atoms with E-state index < -0.39 is 6.04 Å². The quantitative estimate of drug-likeness (QED) is 0.637. The van der Waals surface area contributed by atoms with Gasteiger partial charge in [-0.25, -0.2) is 4.79 Å². The molecule has 0 saturated carbocycles. The number of hydrogen-bond donors (Lipinski definition) is 2. The van der Waals surface area contributed by atoms with Gasteiger partial charge in [0, 0.05) is 6.54 Å². The first-order valence-electron chi connectivity index (χ1n) is 10.5. The van der Waals surface area contributed by atoms with Crippen molar-refractivity contribution < 1.29 is 28.5 Å². The number of rotatable bonds is 8. The molecule has 0 spiro atoms. The number of nitrogens with one attached hydrogen (secondary N) is 2. The molecule has 0 aliphatic carbocycles. The van der Waals surface area contributed by atoms with Gasteiger partial charge in [0.15, 0.2) is 11.5 Å². The number of urea groups is 1. The minimum atomic E-state index is -0.638. The molecule has 2 aromatic rings. The first-order valence-corrected chi connectivity index (χ1v) is 10.5. The van der Waals surface area contributed by atoms with E-state index in [2.05, 4.69) is 10.6 Å². The van der Waals surface area contributed by atoms with Gasteiger partial charge in [-0.1, -0.05) is 12.1 Å². The number of carbonyl (C=O) groups is 2. The highest BCUT2D eigenvalue weighted by Gasteiger charge is 2.40. The molecule has 2 aliphatic rings. The van der Waals surface area contributed by atoms with Crippen molar-refractivity contribution in [1.29, 1.82) is 0 Å². The van der Waals surface area contributed by atoms with Gasteiger partial charge in [-0.15, -0.1) is 0 Å². The number of carbonyl (C=O) groups excluding carboxylic acids is 2. The Morgan fingerprint density at radius 3 is 2.18 bits per heavy atom. The fraction of sp³-hybridized carbons (Fsp3) is 0.333. The maximum atomic E-state index is 13.4. The first-order chi connectivity index (χ1) is 16.0. The number of benzene rings is 2. The average molecular weight is 453 g/mol. The zero-order valence-electron chi connectivity index (χ0n) is 19.1. The second-order valence-electron chi connectivity index (χ2n) is 7.71. The van der Waals surface area contributed by atoms with Crippen LogP contribution < -0.4 is 29.6 Å². The number of methoxy groups -OCH3 is 4. The summed E-state index contributed by atoms with van der Waals surface area (Å²) in [6.07, 6.45) is 0.687. The zero-order chi connectivity index (χ0) is 23.5. The van der Waals surface area contributed by atoms with Gasteiger partial charge in [-0.2, -0.15) is 0 Å². The fourth-order valence-corrected chi connectivity index (χ4v) is 4.18. The molecular formula is C24H27N3O6. The minimum Gasteiger partial charge on any atom is -0.497 e. The van der Waals surface area contributed by atoms with Crippen LogP contribution in [-0.4, -0.2) is 58.4 Å². The molecule has 3 amide bonds. The fourth-order valence-electron chi connectivity index (χ4n) is 4.18. The Bertz CT molecular complexity index is 1070. The van der Waals surface area contributed by atoms with Crippen LogP contribution in [0.2, 0.25) is 0 Å². The topological polar surface area (TPSA) is 98.4 Å². The van der Waals surface area contributed by atoms with Gasteiger partial charge in [0.05, 0.1) is 52.3 Å². The number of nitrogens with zero attached hydrogens (tertiary/aromatic N) is 1. The SMILES string of the molecule is COc1ccc(CCN2CC3=C(C2=O)[C@@H](c2cc(OC)c(OC)c(OC)c2)NC(=O)N3)cc1. The maximum absolute atomic E-state index is 13.4. The van der Waals surface area contributed by atoms with E-state index in [0.717, 1.165) is 11.3 Å². The lowest BCUT2D eigenvalue weighted by molar-refractivity contribution is -0.125. The Hall–Kier alpha value is -3.88. The van der Waals surface area contributed by atoms with Crippen LogP contribution in [-0.2, 0) is 11.2 Å². The predicted octanol–water partition coefficient (Wildman–Crippen LogP) is 2.41. The highest BCUT2D eigenvalue weighted by atomic mass is 16.5. The van der Waals surface area contributed by atoms with E-state index in [9.17, 15) is 9.59 Å². The van der Waals surface area contributed by atoms with Crippen molar-refractivity contribution in [3.05, 3.63) is 58.8 Å². The van der Waals surface area contributed by atoms with Crippen LogP contribution in [0.3, 0.4) is 0 Å². The summed E-state index contributed by atoms with van der Waals surface area (Å²) in [5.74, 6) is 2.00. The van der Waals surface area contributed by atoms with Gasteiger partial charge in [-0.3, -0.25) is 4.79 Å². The lowest BCUT2D eigenvalue weighted by Crippen LogP contribution is -2.44. The summed E-state index contributed by atoms with van der Waals surface area (Å²) in [6.45, 7) is 0.870. The number of ether oxygens (including phenoxy) is 4. The molecule has 33 heavy (non-hydrogen) atoms. The van der Waals surface area contributed by atoms with E-state index >= 15 is 0 Å². The van der Waals surface area contributed by atoms with Crippen molar-refractivity contribution in [2.45, 2.75) is 12.5 Å². The summed E-state index contributed by atoms with van der Waals surface area (Å²) in [7, 11) is 6.19. The Balaban J connectivity index is 1.58. The molecule has 2 heterocycles. The number of amides is 3. The van der Waals surface area contributed by atoms with Crippen molar-refractivity contribution >= 4 is 11.9 Å². The monoisotopic (exact) mass is 453 g/mol. The van der Waals surface area contributed by atoms with E-state index in [1.165, 1.54) is 21.3 Å². The summed E-state index contributed by atoms with van der Waals surface area (Å²) < 4.78 is 21.5. The highest BCUT2D eigenvalue weighted by molar-refractivity contribution is 6.01.